The molecule has 0 heterocycles. The number of ether oxygens (including phenoxy) is 1. The van der Waals surface area contributed by atoms with E-state index in [-0.39, 0.29) is 23.7 Å². The second-order valence-electron chi connectivity index (χ2n) is 10.3. The normalized spacial score (nSPS) is 19.4. The highest BCUT2D eigenvalue weighted by Crippen LogP contribution is 2.41. The van der Waals surface area contributed by atoms with Crippen LogP contribution in [0.2, 0.25) is 0 Å². The molecule has 2 aliphatic rings. The van der Waals surface area contributed by atoms with Gasteiger partial charge in [-0.3, -0.25) is 14.4 Å². The largest absolute Gasteiger partial charge is 0.490 e. The number of hydrogen-bond acceptors (Lipinski definition) is 4. The van der Waals surface area contributed by atoms with Crippen LogP contribution < -0.4 is 10.1 Å². The van der Waals surface area contributed by atoms with Crippen LogP contribution in [0.25, 0.3) is 10.8 Å². The van der Waals surface area contributed by atoms with Crippen LogP contribution in [0.4, 0.5) is 0 Å². The highest BCUT2D eigenvalue weighted by Gasteiger charge is 2.27. The van der Waals surface area contributed by atoms with Gasteiger partial charge in [-0.2, -0.15) is 0 Å². The van der Waals surface area contributed by atoms with E-state index in [9.17, 15) is 14.4 Å². The number of carbonyl (C=O) groups is 3. The summed E-state index contributed by atoms with van der Waals surface area (Å²) in [6.45, 7) is 0.435. The number of rotatable bonds is 10. The van der Waals surface area contributed by atoms with Crippen molar-refractivity contribution >= 4 is 28.4 Å². The van der Waals surface area contributed by atoms with E-state index in [0.29, 0.717) is 55.0 Å². The topological polar surface area (TPSA) is 92.7 Å². The van der Waals surface area contributed by atoms with Crippen molar-refractivity contribution in [2.24, 2.45) is 5.92 Å². The van der Waals surface area contributed by atoms with Crippen LogP contribution in [0.15, 0.2) is 60.7 Å². The number of nitrogens with one attached hydrogen (secondary N) is 1. The molecule has 0 atom stereocenters. The van der Waals surface area contributed by atoms with E-state index in [0.717, 1.165) is 23.6 Å². The molecule has 6 nitrogen and oxygen atoms in total. The number of benzene rings is 3. The number of carbonyl (C=O) groups excluding carboxylic acids is 2. The van der Waals surface area contributed by atoms with E-state index >= 15 is 0 Å². The SMILES string of the molecule is O=C(CCCNC(=O)c1ccc2ccc(C3CC3)cc2c1)c1ccc(OC2CCC(C(=O)O)CC2)cc1. The number of carboxylic acid groups (broad SMARTS) is 1. The van der Waals surface area contributed by atoms with Crippen LogP contribution in [0.5, 0.6) is 5.75 Å². The van der Waals surface area contributed by atoms with Gasteiger partial charge in [-0.05, 0) is 104 Å². The highest BCUT2D eigenvalue weighted by atomic mass is 16.5. The summed E-state index contributed by atoms with van der Waals surface area (Å²) < 4.78 is 5.98. The van der Waals surface area contributed by atoms with E-state index in [1.54, 1.807) is 24.3 Å². The van der Waals surface area contributed by atoms with Crippen molar-refractivity contribution in [1.29, 1.82) is 0 Å². The molecule has 0 saturated heterocycles. The Kier molecular flexibility index (Phi) is 7.54. The maximum atomic E-state index is 12.6. The summed E-state index contributed by atoms with van der Waals surface area (Å²) in [5, 5.41) is 14.3. The Bertz CT molecular complexity index is 1290. The van der Waals surface area contributed by atoms with Crippen molar-refractivity contribution in [1.82, 2.24) is 5.32 Å². The van der Waals surface area contributed by atoms with Crippen LogP contribution in [0, 0.1) is 5.92 Å². The molecule has 0 aliphatic heterocycles. The Morgan fingerprint density at radius 2 is 1.51 bits per heavy atom. The Morgan fingerprint density at radius 1 is 0.811 bits per heavy atom. The third kappa shape index (κ3) is 6.37. The standard InChI is InChI=1S/C31H33NO5/c33-29(22-9-13-27(14-10-22)37-28-15-11-23(12-16-28)31(35)36)2-1-17-32-30(34)25-8-6-21-5-7-24(20-3-4-20)18-26(21)19-25/h5-10,13-14,18-20,23,28H,1-4,11-12,15-17H2,(H,32,34)(H,35,36). The highest BCUT2D eigenvalue weighted by molar-refractivity contribution is 5.99. The average Bonchev–Trinajstić information content (AvgIpc) is 3.77. The fourth-order valence-electron chi connectivity index (χ4n) is 5.11. The Balaban J connectivity index is 1.06. The van der Waals surface area contributed by atoms with Gasteiger partial charge in [-0.1, -0.05) is 24.3 Å². The fourth-order valence-corrected chi connectivity index (χ4v) is 5.11. The lowest BCUT2D eigenvalue weighted by atomic mass is 9.87. The molecule has 2 fully saturated rings. The minimum absolute atomic E-state index is 0.0172. The van der Waals surface area contributed by atoms with Gasteiger partial charge >= 0.3 is 5.97 Å². The number of carboxylic acids is 1. The van der Waals surface area contributed by atoms with Crippen molar-refractivity contribution in [3.8, 4) is 5.75 Å². The van der Waals surface area contributed by atoms with Gasteiger partial charge in [-0.25, -0.2) is 0 Å². The first kappa shape index (κ1) is 25.0. The third-order valence-electron chi connectivity index (χ3n) is 7.54. The molecule has 0 radical (unpaired) electrons. The lowest BCUT2D eigenvalue weighted by molar-refractivity contribution is -0.143. The lowest BCUT2D eigenvalue weighted by Gasteiger charge is -2.26. The van der Waals surface area contributed by atoms with Crippen molar-refractivity contribution in [2.45, 2.75) is 63.4 Å². The first-order chi connectivity index (χ1) is 18.0. The summed E-state index contributed by atoms with van der Waals surface area (Å²) in [5.74, 6) is 0.288. The van der Waals surface area contributed by atoms with Crippen molar-refractivity contribution < 1.29 is 24.2 Å². The maximum absolute atomic E-state index is 12.6. The van der Waals surface area contributed by atoms with Crippen molar-refractivity contribution in [2.75, 3.05) is 6.54 Å². The van der Waals surface area contributed by atoms with E-state index in [1.807, 2.05) is 18.2 Å². The summed E-state index contributed by atoms with van der Waals surface area (Å²) >= 11 is 0. The molecule has 0 spiro atoms. The summed E-state index contributed by atoms with van der Waals surface area (Å²) in [6, 6.07) is 19.4. The van der Waals surface area contributed by atoms with Crippen LogP contribution in [0.1, 0.15) is 83.6 Å². The lowest BCUT2D eigenvalue weighted by Crippen LogP contribution is -2.27. The molecule has 0 aromatic heterocycles. The second kappa shape index (κ2) is 11.2. The van der Waals surface area contributed by atoms with Gasteiger partial charge in [0.2, 0.25) is 0 Å². The first-order valence-corrected chi connectivity index (χ1v) is 13.3. The number of amides is 1. The third-order valence-corrected chi connectivity index (χ3v) is 7.54. The molecule has 5 rings (SSSR count). The summed E-state index contributed by atoms with van der Waals surface area (Å²) in [7, 11) is 0. The van der Waals surface area contributed by atoms with E-state index < -0.39 is 5.97 Å². The molecule has 0 unspecified atom stereocenters. The molecule has 3 aromatic rings. The fraction of sp³-hybridized carbons (Fsp3) is 0.387. The average molecular weight is 500 g/mol. The molecule has 2 aliphatic carbocycles. The first-order valence-electron chi connectivity index (χ1n) is 13.3. The number of ketones is 1. The van der Waals surface area contributed by atoms with E-state index in [4.69, 9.17) is 9.84 Å². The van der Waals surface area contributed by atoms with Crippen molar-refractivity contribution in [3.63, 3.8) is 0 Å². The molecule has 3 aromatic carbocycles. The quantitative estimate of drug-likeness (QED) is 0.258. The van der Waals surface area contributed by atoms with Gasteiger partial charge in [-0.15, -0.1) is 0 Å². The van der Waals surface area contributed by atoms with Gasteiger partial charge in [0, 0.05) is 24.1 Å². The molecular formula is C31H33NO5. The Morgan fingerprint density at radius 3 is 2.22 bits per heavy atom. The summed E-state index contributed by atoms with van der Waals surface area (Å²) in [5.41, 5.74) is 2.61. The Labute approximate surface area is 217 Å². The zero-order valence-corrected chi connectivity index (χ0v) is 20.9. The number of fused-ring (bicyclic) bond motifs is 1. The smallest absolute Gasteiger partial charge is 0.306 e. The molecule has 2 N–H and O–H groups in total. The molecule has 0 bridgehead atoms. The van der Waals surface area contributed by atoms with Gasteiger partial charge in [0.05, 0.1) is 12.0 Å². The van der Waals surface area contributed by atoms with Gasteiger partial charge < -0.3 is 15.2 Å². The Hall–Kier alpha value is -3.67. The van der Waals surface area contributed by atoms with Crippen molar-refractivity contribution in [3.05, 3.63) is 77.4 Å². The zero-order valence-electron chi connectivity index (χ0n) is 20.9. The summed E-state index contributed by atoms with van der Waals surface area (Å²) in [4.78, 5) is 36.3. The van der Waals surface area contributed by atoms with Crippen LogP contribution in [0.3, 0.4) is 0 Å². The second-order valence-corrected chi connectivity index (χ2v) is 10.3. The zero-order chi connectivity index (χ0) is 25.8. The van der Waals surface area contributed by atoms with Gasteiger partial charge in [0.15, 0.2) is 5.78 Å². The minimum Gasteiger partial charge on any atom is -0.490 e. The maximum Gasteiger partial charge on any atom is 0.306 e. The van der Waals surface area contributed by atoms with E-state index in [2.05, 4.69) is 23.5 Å². The number of aliphatic carboxylic acids is 1. The van der Waals surface area contributed by atoms with Crippen LogP contribution in [-0.2, 0) is 4.79 Å². The van der Waals surface area contributed by atoms with Gasteiger partial charge in [0.25, 0.3) is 5.91 Å². The number of Topliss-reactive ketones (excluding diaryl/α,β-unsaturated/α-hetero) is 1. The molecule has 2 saturated carbocycles. The van der Waals surface area contributed by atoms with Crippen LogP contribution >= 0.6 is 0 Å². The molecule has 37 heavy (non-hydrogen) atoms. The van der Waals surface area contributed by atoms with Gasteiger partial charge in [0.1, 0.15) is 5.75 Å². The van der Waals surface area contributed by atoms with Crippen LogP contribution in [-0.4, -0.2) is 35.4 Å². The monoisotopic (exact) mass is 499 g/mol. The molecule has 192 valence electrons. The van der Waals surface area contributed by atoms with E-state index in [1.165, 1.54) is 18.4 Å². The number of hydrogen-bond donors (Lipinski definition) is 2. The molecule has 6 heteroatoms. The minimum atomic E-state index is -0.725. The summed E-state index contributed by atoms with van der Waals surface area (Å²) in [6.07, 6.45) is 6.15. The predicted molar refractivity (Wildman–Crippen MR) is 142 cm³/mol. The predicted octanol–water partition coefficient (Wildman–Crippen LogP) is 6.13. The molecule has 1 amide bonds. The molecular weight excluding hydrogens is 466 g/mol.